The zero-order valence-corrected chi connectivity index (χ0v) is 25.4. The number of aryl methyl sites for hydroxylation is 1. The molecule has 3 aromatic heterocycles. The summed E-state index contributed by atoms with van der Waals surface area (Å²) in [5.74, 6) is -0.899. The summed E-state index contributed by atoms with van der Waals surface area (Å²) < 4.78 is 8.91. The number of ether oxygens (including phenoxy) is 1. The molecule has 4 aromatic rings. The molecule has 42 heavy (non-hydrogen) atoms. The summed E-state index contributed by atoms with van der Waals surface area (Å²) in [4.78, 5) is 40.4. The van der Waals surface area contributed by atoms with Gasteiger partial charge in [-0.05, 0) is 82.8 Å². The Bertz CT molecular complexity index is 1580. The summed E-state index contributed by atoms with van der Waals surface area (Å²) >= 11 is 1.73. The molecule has 0 saturated carbocycles. The number of benzene rings is 1. The van der Waals surface area contributed by atoms with Crippen molar-refractivity contribution in [3.63, 3.8) is 0 Å². The van der Waals surface area contributed by atoms with Gasteiger partial charge in [0.2, 0.25) is 0 Å². The van der Waals surface area contributed by atoms with E-state index in [9.17, 15) is 9.59 Å². The highest BCUT2D eigenvalue weighted by Crippen LogP contribution is 2.36. The third-order valence-electron chi connectivity index (χ3n) is 8.28. The van der Waals surface area contributed by atoms with E-state index in [0.717, 1.165) is 83.2 Å². The van der Waals surface area contributed by atoms with Gasteiger partial charge in [-0.3, -0.25) is 14.6 Å². The first-order valence-corrected chi connectivity index (χ1v) is 15.8. The second kappa shape index (κ2) is 12.4. The quantitative estimate of drug-likeness (QED) is 0.297. The van der Waals surface area contributed by atoms with E-state index in [1.165, 1.54) is 0 Å². The number of likely N-dealkylation sites (tertiary alicyclic amines) is 1. The van der Waals surface area contributed by atoms with Crippen molar-refractivity contribution in [1.29, 1.82) is 0 Å². The number of nitrogens with one attached hydrogen (secondary N) is 1. The number of pyridine rings is 1. The van der Waals surface area contributed by atoms with Crippen LogP contribution in [-0.4, -0.2) is 75.2 Å². The Morgan fingerprint density at radius 2 is 2.02 bits per heavy atom. The lowest BCUT2D eigenvalue weighted by atomic mass is 9.89. The summed E-state index contributed by atoms with van der Waals surface area (Å²) in [5.41, 5.74) is 3.17. The summed E-state index contributed by atoms with van der Waals surface area (Å²) in [6, 6.07) is 6.13. The second-order valence-electron chi connectivity index (χ2n) is 11.9. The van der Waals surface area contributed by atoms with Crippen molar-refractivity contribution in [2.24, 2.45) is 5.92 Å². The van der Waals surface area contributed by atoms with Crippen molar-refractivity contribution in [2.45, 2.75) is 64.1 Å². The van der Waals surface area contributed by atoms with Gasteiger partial charge >= 0.3 is 11.8 Å². The molecule has 0 radical (unpaired) electrons. The van der Waals surface area contributed by atoms with Crippen LogP contribution < -0.4 is 5.32 Å². The fourth-order valence-corrected chi connectivity index (χ4v) is 7.10. The van der Waals surface area contributed by atoms with E-state index in [-0.39, 0.29) is 12.3 Å². The highest BCUT2D eigenvalue weighted by molar-refractivity contribution is 7.18. The summed E-state index contributed by atoms with van der Waals surface area (Å²) in [6.07, 6.45) is 11.5. The van der Waals surface area contributed by atoms with Crippen LogP contribution in [0.1, 0.15) is 68.3 Å². The van der Waals surface area contributed by atoms with Crippen LogP contribution >= 0.6 is 11.3 Å². The van der Waals surface area contributed by atoms with E-state index in [1.807, 2.05) is 0 Å². The van der Waals surface area contributed by atoms with E-state index in [1.54, 1.807) is 39.5 Å². The number of amides is 2. The number of thiazole rings is 1. The molecule has 2 aliphatic heterocycles. The van der Waals surface area contributed by atoms with Crippen molar-refractivity contribution in [2.75, 3.05) is 39.1 Å². The minimum Gasteiger partial charge on any atom is -0.356 e. The Morgan fingerprint density at radius 1 is 1.14 bits per heavy atom. The van der Waals surface area contributed by atoms with E-state index in [0.29, 0.717) is 24.8 Å². The number of hydrogen-bond donors (Lipinski definition) is 1. The minimum atomic E-state index is -0.668. The van der Waals surface area contributed by atoms with Crippen LogP contribution in [0.3, 0.4) is 0 Å². The average molecular weight is 590 g/mol. The normalized spacial score (nSPS) is 21.3. The molecular formula is C31H39N7O3S. The lowest BCUT2D eigenvalue weighted by Crippen LogP contribution is -2.46. The molecule has 0 aliphatic carbocycles. The Morgan fingerprint density at radius 3 is 2.83 bits per heavy atom. The smallest absolute Gasteiger partial charge is 0.314 e. The number of hydrogen-bond acceptors (Lipinski definition) is 8. The van der Waals surface area contributed by atoms with Gasteiger partial charge in [-0.25, -0.2) is 9.67 Å². The van der Waals surface area contributed by atoms with Gasteiger partial charge < -0.3 is 19.9 Å². The number of nitrogens with zero attached hydrogens (tertiary/aromatic N) is 6. The van der Waals surface area contributed by atoms with Gasteiger partial charge in [0.25, 0.3) is 0 Å². The van der Waals surface area contributed by atoms with Crippen molar-refractivity contribution < 1.29 is 14.3 Å². The summed E-state index contributed by atoms with van der Waals surface area (Å²) in [5, 5.41) is 9.33. The number of piperidine rings is 1. The molecule has 10 nitrogen and oxygen atoms in total. The fourth-order valence-electron chi connectivity index (χ4n) is 6.11. The molecular weight excluding hydrogens is 550 g/mol. The minimum absolute atomic E-state index is 0.183. The zero-order chi connectivity index (χ0) is 29.2. The molecule has 0 bridgehead atoms. The first-order valence-electron chi connectivity index (χ1n) is 15.0. The Balaban J connectivity index is 1.22. The summed E-state index contributed by atoms with van der Waals surface area (Å²) in [7, 11) is 4.17. The first kappa shape index (κ1) is 28.7. The van der Waals surface area contributed by atoms with Crippen LogP contribution in [0.5, 0.6) is 0 Å². The molecule has 6 rings (SSSR count). The van der Waals surface area contributed by atoms with Gasteiger partial charge in [-0.1, -0.05) is 13.0 Å². The molecule has 3 atom stereocenters. The van der Waals surface area contributed by atoms with Crippen LogP contribution in [0.15, 0.2) is 36.8 Å². The molecule has 1 aromatic carbocycles. The predicted octanol–water partition coefficient (Wildman–Crippen LogP) is 5.17. The number of carbonyl (C=O) groups is 2. The monoisotopic (exact) mass is 589 g/mol. The number of rotatable bonds is 7. The van der Waals surface area contributed by atoms with Gasteiger partial charge in [-0.2, -0.15) is 5.10 Å². The molecule has 2 saturated heterocycles. The number of aromatic nitrogens is 4. The zero-order valence-electron chi connectivity index (χ0n) is 24.6. The first-order chi connectivity index (χ1) is 20.4. The molecule has 2 aliphatic rings. The van der Waals surface area contributed by atoms with E-state index in [2.05, 4.69) is 59.5 Å². The van der Waals surface area contributed by atoms with Gasteiger partial charge in [0.1, 0.15) is 0 Å². The van der Waals surface area contributed by atoms with E-state index < -0.39 is 11.8 Å². The largest absolute Gasteiger partial charge is 0.356 e. The molecule has 1 N–H and O–H groups in total. The fraction of sp³-hybridized carbons (Fsp3) is 0.516. The SMILES string of the molecule is C[C@H]1CC[C@H](c2ccc3sc(CCCN(C)C)nc3c2)N(C(=O)C(=O)Nc2cncc3cnn(C4CCCCO4)c23)C1. The molecule has 222 valence electrons. The lowest BCUT2D eigenvalue weighted by Gasteiger charge is -2.38. The highest BCUT2D eigenvalue weighted by atomic mass is 32.1. The Labute approximate surface area is 250 Å². The van der Waals surface area contributed by atoms with Crippen LogP contribution in [0.25, 0.3) is 21.1 Å². The van der Waals surface area contributed by atoms with Gasteiger partial charge in [0, 0.05) is 31.2 Å². The van der Waals surface area contributed by atoms with Crippen molar-refractivity contribution in [1.82, 2.24) is 29.5 Å². The molecule has 2 amide bonds. The van der Waals surface area contributed by atoms with Gasteiger partial charge in [0.15, 0.2) is 6.23 Å². The molecule has 2 fully saturated rings. The van der Waals surface area contributed by atoms with E-state index >= 15 is 0 Å². The van der Waals surface area contributed by atoms with Crippen molar-refractivity contribution in [3.8, 4) is 0 Å². The Hall–Kier alpha value is -3.41. The maximum Gasteiger partial charge on any atom is 0.314 e. The molecule has 0 spiro atoms. The second-order valence-corrected chi connectivity index (χ2v) is 13.0. The third kappa shape index (κ3) is 6.04. The third-order valence-corrected chi connectivity index (χ3v) is 9.38. The maximum atomic E-state index is 13.8. The Kier molecular flexibility index (Phi) is 8.50. The maximum absolute atomic E-state index is 13.8. The predicted molar refractivity (Wildman–Crippen MR) is 164 cm³/mol. The number of anilines is 1. The number of carbonyl (C=O) groups excluding carboxylic acids is 2. The highest BCUT2D eigenvalue weighted by Gasteiger charge is 2.35. The molecule has 1 unspecified atom stereocenters. The topological polar surface area (TPSA) is 105 Å². The van der Waals surface area contributed by atoms with Crippen LogP contribution in [0, 0.1) is 5.92 Å². The van der Waals surface area contributed by atoms with Crippen LogP contribution in [0.2, 0.25) is 0 Å². The van der Waals surface area contributed by atoms with Gasteiger partial charge in [0.05, 0.1) is 44.9 Å². The molecule has 11 heteroatoms. The van der Waals surface area contributed by atoms with Crippen LogP contribution in [-0.2, 0) is 20.7 Å². The lowest BCUT2D eigenvalue weighted by molar-refractivity contribution is -0.146. The van der Waals surface area contributed by atoms with Crippen molar-refractivity contribution in [3.05, 3.63) is 47.4 Å². The molecule has 5 heterocycles. The van der Waals surface area contributed by atoms with Crippen LogP contribution in [0.4, 0.5) is 5.69 Å². The van der Waals surface area contributed by atoms with Crippen molar-refractivity contribution >= 4 is 50.0 Å². The van der Waals surface area contributed by atoms with Gasteiger partial charge in [-0.15, -0.1) is 11.3 Å². The summed E-state index contributed by atoms with van der Waals surface area (Å²) in [6.45, 7) is 4.36. The number of fused-ring (bicyclic) bond motifs is 2. The standard InChI is InChI=1S/C31H39N7O3S/c1-20-9-11-25(21-10-12-26-23(15-21)34-27(42-26)7-6-13-36(2)3)37(19-20)31(40)30(39)35-24-18-32-16-22-17-33-38(29(22)24)28-8-4-5-14-41-28/h10,12,15-18,20,25,28H,4-9,11,13-14,19H2,1-3H3,(H,35,39)/t20-,25+,28?/m0/s1. The average Bonchev–Trinajstić information content (AvgIpc) is 3.61. The van der Waals surface area contributed by atoms with E-state index in [4.69, 9.17) is 9.72 Å².